The molecule has 5 heteroatoms. The normalized spacial score (nSPS) is 23.9. The van der Waals surface area contributed by atoms with Crippen LogP contribution in [0.3, 0.4) is 0 Å². The lowest BCUT2D eigenvalue weighted by Gasteiger charge is -2.50. The van der Waals surface area contributed by atoms with E-state index in [0.29, 0.717) is 19.4 Å². The van der Waals surface area contributed by atoms with E-state index in [2.05, 4.69) is 0 Å². The number of ether oxygens (including phenoxy) is 2. The summed E-state index contributed by atoms with van der Waals surface area (Å²) in [6, 6.07) is 0. The van der Waals surface area contributed by atoms with Gasteiger partial charge in [-0.25, -0.2) is 0 Å². The van der Waals surface area contributed by atoms with E-state index < -0.39 is 11.1 Å². The van der Waals surface area contributed by atoms with E-state index in [4.69, 9.17) is 9.47 Å². The molecule has 0 aromatic rings. The third kappa shape index (κ3) is 3.43. The summed E-state index contributed by atoms with van der Waals surface area (Å²) in [5, 5.41) is 11.5. The summed E-state index contributed by atoms with van der Waals surface area (Å²) < 4.78 is 10.0. The first-order chi connectivity index (χ1) is 8.20. The SMILES string of the molecule is COCCOC(=O)C1CC(C)(C)N(O)C(C)(C)C1. The highest BCUT2D eigenvalue weighted by atomic mass is 16.6. The number of hydrogen-bond donors (Lipinski definition) is 1. The molecule has 0 aromatic heterocycles. The molecule has 1 aliphatic heterocycles. The highest BCUT2D eigenvalue weighted by Gasteiger charge is 2.47. The molecule has 0 aromatic carbocycles. The van der Waals surface area contributed by atoms with E-state index >= 15 is 0 Å². The summed E-state index contributed by atoms with van der Waals surface area (Å²) in [5.41, 5.74) is -0.848. The fourth-order valence-electron chi connectivity index (χ4n) is 2.78. The van der Waals surface area contributed by atoms with Gasteiger partial charge in [0.1, 0.15) is 6.61 Å². The largest absolute Gasteiger partial charge is 0.463 e. The Morgan fingerprint density at radius 2 is 1.72 bits per heavy atom. The molecule has 0 spiro atoms. The van der Waals surface area contributed by atoms with E-state index in [-0.39, 0.29) is 18.5 Å². The Morgan fingerprint density at radius 3 is 2.17 bits per heavy atom. The highest BCUT2D eigenvalue weighted by Crippen LogP contribution is 2.40. The van der Waals surface area contributed by atoms with Gasteiger partial charge in [0.05, 0.1) is 12.5 Å². The molecule has 18 heavy (non-hydrogen) atoms. The van der Waals surface area contributed by atoms with Crippen LogP contribution in [0, 0.1) is 5.92 Å². The predicted octanol–water partition coefficient (Wildman–Crippen LogP) is 1.83. The van der Waals surface area contributed by atoms with E-state index in [1.54, 1.807) is 7.11 Å². The molecule has 0 unspecified atom stereocenters. The van der Waals surface area contributed by atoms with Gasteiger partial charge in [0, 0.05) is 18.2 Å². The van der Waals surface area contributed by atoms with E-state index in [0.717, 1.165) is 0 Å². The number of methoxy groups -OCH3 is 1. The Morgan fingerprint density at radius 1 is 1.22 bits per heavy atom. The van der Waals surface area contributed by atoms with Crippen LogP contribution in [0.25, 0.3) is 0 Å². The van der Waals surface area contributed by atoms with Gasteiger partial charge in [0.2, 0.25) is 0 Å². The Hall–Kier alpha value is -0.650. The van der Waals surface area contributed by atoms with Crippen LogP contribution in [-0.4, -0.2) is 47.6 Å². The van der Waals surface area contributed by atoms with Crippen molar-refractivity contribution in [2.45, 2.75) is 51.6 Å². The van der Waals surface area contributed by atoms with Crippen molar-refractivity contribution >= 4 is 5.97 Å². The van der Waals surface area contributed by atoms with Crippen LogP contribution in [0.5, 0.6) is 0 Å². The molecule has 0 atom stereocenters. The summed E-state index contributed by atoms with van der Waals surface area (Å²) in [4.78, 5) is 12.0. The van der Waals surface area contributed by atoms with Crippen molar-refractivity contribution in [3.63, 3.8) is 0 Å². The summed E-state index contributed by atoms with van der Waals surface area (Å²) in [5.74, 6) is -0.364. The minimum Gasteiger partial charge on any atom is -0.463 e. The van der Waals surface area contributed by atoms with Crippen molar-refractivity contribution in [2.24, 2.45) is 5.92 Å². The molecule has 1 saturated heterocycles. The molecular weight excluding hydrogens is 234 g/mol. The molecule has 0 saturated carbocycles. The zero-order valence-corrected chi connectivity index (χ0v) is 12.0. The minimum atomic E-state index is -0.424. The fourth-order valence-corrected chi connectivity index (χ4v) is 2.78. The number of hydrogen-bond acceptors (Lipinski definition) is 5. The molecule has 5 nitrogen and oxygen atoms in total. The van der Waals surface area contributed by atoms with Gasteiger partial charge in [0.25, 0.3) is 0 Å². The maximum Gasteiger partial charge on any atom is 0.309 e. The van der Waals surface area contributed by atoms with Crippen LogP contribution >= 0.6 is 0 Å². The van der Waals surface area contributed by atoms with Crippen molar-refractivity contribution in [3.8, 4) is 0 Å². The van der Waals surface area contributed by atoms with Gasteiger partial charge in [0.15, 0.2) is 0 Å². The second kappa shape index (κ2) is 5.55. The molecule has 1 heterocycles. The van der Waals surface area contributed by atoms with Crippen LogP contribution in [0.1, 0.15) is 40.5 Å². The average Bonchev–Trinajstić information content (AvgIpc) is 2.25. The number of carbonyl (C=O) groups excluding carboxylic acids is 1. The van der Waals surface area contributed by atoms with Crippen molar-refractivity contribution in [3.05, 3.63) is 0 Å². The molecule has 1 N–H and O–H groups in total. The van der Waals surface area contributed by atoms with Crippen LogP contribution in [-0.2, 0) is 14.3 Å². The molecule has 1 rings (SSSR count). The van der Waals surface area contributed by atoms with Crippen LogP contribution in [0.4, 0.5) is 0 Å². The molecule has 0 radical (unpaired) electrons. The average molecular weight is 259 g/mol. The zero-order chi connectivity index (χ0) is 14.0. The van der Waals surface area contributed by atoms with Crippen molar-refractivity contribution in [1.29, 1.82) is 0 Å². The molecule has 1 aliphatic rings. The highest BCUT2D eigenvalue weighted by molar-refractivity contribution is 5.73. The van der Waals surface area contributed by atoms with Crippen molar-refractivity contribution in [2.75, 3.05) is 20.3 Å². The second-order valence-electron chi connectivity index (χ2n) is 6.20. The van der Waals surface area contributed by atoms with Gasteiger partial charge in [-0.3, -0.25) is 4.79 Å². The molecule has 106 valence electrons. The van der Waals surface area contributed by atoms with Crippen LogP contribution < -0.4 is 0 Å². The lowest BCUT2D eigenvalue weighted by molar-refractivity contribution is -0.252. The van der Waals surface area contributed by atoms with Gasteiger partial charge in [-0.1, -0.05) is 0 Å². The first-order valence-corrected chi connectivity index (χ1v) is 6.35. The second-order valence-corrected chi connectivity index (χ2v) is 6.20. The zero-order valence-electron chi connectivity index (χ0n) is 12.0. The van der Waals surface area contributed by atoms with Gasteiger partial charge in [-0.15, -0.1) is 0 Å². The predicted molar refractivity (Wildman–Crippen MR) is 67.3 cm³/mol. The standard InChI is InChI=1S/C13H25NO4/c1-12(2)8-10(9-13(3,4)14(12)16)11(15)18-7-6-17-5/h10,16H,6-9H2,1-5H3. The Bertz CT molecular complexity index is 283. The van der Waals surface area contributed by atoms with E-state index in [1.807, 2.05) is 27.7 Å². The smallest absolute Gasteiger partial charge is 0.309 e. The third-order valence-corrected chi connectivity index (χ3v) is 3.50. The maximum atomic E-state index is 12.0. The minimum absolute atomic E-state index is 0.171. The molecule has 0 amide bonds. The lowest BCUT2D eigenvalue weighted by Crippen LogP contribution is -2.60. The fraction of sp³-hybridized carbons (Fsp3) is 0.923. The summed E-state index contributed by atoms with van der Waals surface area (Å²) in [6.07, 6.45) is 1.19. The third-order valence-electron chi connectivity index (χ3n) is 3.50. The van der Waals surface area contributed by atoms with E-state index in [9.17, 15) is 10.0 Å². The first kappa shape index (κ1) is 15.4. The Kier molecular flexibility index (Phi) is 4.75. The first-order valence-electron chi connectivity index (χ1n) is 6.35. The number of carbonyl (C=O) groups is 1. The Balaban J connectivity index is 2.65. The molecular formula is C13H25NO4. The van der Waals surface area contributed by atoms with Crippen LogP contribution in [0.2, 0.25) is 0 Å². The van der Waals surface area contributed by atoms with Crippen LogP contribution in [0.15, 0.2) is 0 Å². The topological polar surface area (TPSA) is 59.0 Å². The number of piperidine rings is 1. The number of nitrogens with zero attached hydrogens (tertiary/aromatic N) is 1. The maximum absolute atomic E-state index is 12.0. The summed E-state index contributed by atoms with van der Waals surface area (Å²) in [7, 11) is 1.57. The number of hydroxylamine groups is 2. The quantitative estimate of drug-likeness (QED) is 0.616. The monoisotopic (exact) mass is 259 g/mol. The molecule has 0 aliphatic carbocycles. The molecule has 0 bridgehead atoms. The lowest BCUT2D eigenvalue weighted by atomic mass is 9.75. The van der Waals surface area contributed by atoms with Gasteiger partial charge < -0.3 is 14.7 Å². The molecule has 1 fully saturated rings. The summed E-state index contributed by atoms with van der Waals surface area (Å²) >= 11 is 0. The van der Waals surface area contributed by atoms with Gasteiger partial charge >= 0.3 is 5.97 Å². The Labute approximate surface area is 109 Å². The number of esters is 1. The van der Waals surface area contributed by atoms with Crippen molar-refractivity contribution < 1.29 is 19.5 Å². The summed E-state index contributed by atoms with van der Waals surface area (Å²) in [6.45, 7) is 8.44. The van der Waals surface area contributed by atoms with Gasteiger partial charge in [-0.2, -0.15) is 5.06 Å². The van der Waals surface area contributed by atoms with Gasteiger partial charge in [-0.05, 0) is 40.5 Å². The van der Waals surface area contributed by atoms with Crippen molar-refractivity contribution in [1.82, 2.24) is 5.06 Å². The number of rotatable bonds is 4. The van der Waals surface area contributed by atoms with E-state index in [1.165, 1.54) is 5.06 Å².